The second-order valence-electron chi connectivity index (χ2n) is 3.82. The molecule has 86 valence electrons. The van der Waals surface area contributed by atoms with Crippen molar-refractivity contribution in [1.29, 1.82) is 0 Å². The van der Waals surface area contributed by atoms with Gasteiger partial charge in [-0.05, 0) is 41.8 Å². The highest BCUT2D eigenvalue weighted by atomic mass is 19.1. The first-order valence-electron chi connectivity index (χ1n) is 5.17. The second-order valence-corrected chi connectivity index (χ2v) is 3.82. The number of phenols is 1. The fourth-order valence-corrected chi connectivity index (χ4v) is 1.74. The zero-order valence-electron chi connectivity index (χ0n) is 9.27. The van der Waals surface area contributed by atoms with E-state index in [2.05, 4.69) is 0 Å². The fourth-order valence-electron chi connectivity index (χ4n) is 1.74. The molecule has 0 spiro atoms. The molecule has 3 heteroatoms. The van der Waals surface area contributed by atoms with E-state index in [0.717, 1.165) is 0 Å². The standard InChI is InChI=1S/C14H11FO2/c1-9-7-10(5-6-13(9)15)11-3-2-4-14(17)12(11)8-16/h2-8,17H,1H3. The van der Waals surface area contributed by atoms with Gasteiger partial charge in [0.25, 0.3) is 0 Å². The highest BCUT2D eigenvalue weighted by molar-refractivity contribution is 5.90. The molecule has 0 amide bonds. The third-order valence-electron chi connectivity index (χ3n) is 2.67. The van der Waals surface area contributed by atoms with E-state index in [9.17, 15) is 14.3 Å². The largest absolute Gasteiger partial charge is 0.507 e. The molecule has 0 unspecified atom stereocenters. The molecule has 2 aromatic carbocycles. The Hall–Kier alpha value is -2.16. The first-order chi connectivity index (χ1) is 8.13. The van der Waals surface area contributed by atoms with E-state index in [1.165, 1.54) is 12.1 Å². The third-order valence-corrected chi connectivity index (χ3v) is 2.67. The zero-order chi connectivity index (χ0) is 12.4. The van der Waals surface area contributed by atoms with Crippen molar-refractivity contribution in [3.63, 3.8) is 0 Å². The number of carbonyl (C=O) groups excluding carboxylic acids is 1. The van der Waals surface area contributed by atoms with Gasteiger partial charge in [-0.1, -0.05) is 18.2 Å². The molecule has 0 radical (unpaired) electrons. The highest BCUT2D eigenvalue weighted by Crippen LogP contribution is 2.29. The number of aldehydes is 1. The Morgan fingerprint density at radius 3 is 2.65 bits per heavy atom. The number of phenolic OH excluding ortho intramolecular Hbond substituents is 1. The van der Waals surface area contributed by atoms with Gasteiger partial charge in [-0.25, -0.2) is 4.39 Å². The minimum Gasteiger partial charge on any atom is -0.507 e. The quantitative estimate of drug-likeness (QED) is 0.803. The molecule has 0 bridgehead atoms. The average Bonchev–Trinajstić information content (AvgIpc) is 2.32. The summed E-state index contributed by atoms with van der Waals surface area (Å²) in [6.45, 7) is 1.65. The summed E-state index contributed by atoms with van der Waals surface area (Å²) < 4.78 is 13.2. The Labute approximate surface area is 98.3 Å². The average molecular weight is 230 g/mol. The lowest BCUT2D eigenvalue weighted by Crippen LogP contribution is -1.90. The summed E-state index contributed by atoms with van der Waals surface area (Å²) in [6.07, 6.45) is 0.601. The lowest BCUT2D eigenvalue weighted by Gasteiger charge is -2.08. The van der Waals surface area contributed by atoms with Crippen molar-refractivity contribution in [2.24, 2.45) is 0 Å². The summed E-state index contributed by atoms with van der Waals surface area (Å²) in [5, 5.41) is 9.57. The number of hydrogen-bond donors (Lipinski definition) is 1. The van der Waals surface area contributed by atoms with Crippen molar-refractivity contribution in [1.82, 2.24) is 0 Å². The van der Waals surface area contributed by atoms with Gasteiger partial charge in [0.05, 0.1) is 5.56 Å². The molecule has 0 aliphatic rings. The summed E-state index contributed by atoms with van der Waals surface area (Å²) in [5.74, 6) is -0.360. The Bertz CT molecular complexity index is 576. The zero-order valence-corrected chi connectivity index (χ0v) is 9.27. The molecule has 0 saturated heterocycles. The van der Waals surface area contributed by atoms with Crippen molar-refractivity contribution >= 4 is 6.29 Å². The Morgan fingerprint density at radius 1 is 1.24 bits per heavy atom. The van der Waals surface area contributed by atoms with Gasteiger partial charge >= 0.3 is 0 Å². The lowest BCUT2D eigenvalue weighted by molar-refractivity contribution is 0.112. The molecule has 0 saturated carbocycles. The predicted molar refractivity (Wildman–Crippen MR) is 63.6 cm³/mol. The van der Waals surface area contributed by atoms with Crippen LogP contribution in [0.25, 0.3) is 11.1 Å². The van der Waals surface area contributed by atoms with Crippen LogP contribution in [0.15, 0.2) is 36.4 Å². The van der Waals surface area contributed by atoms with Gasteiger partial charge in [-0.15, -0.1) is 0 Å². The van der Waals surface area contributed by atoms with Crippen molar-refractivity contribution in [2.75, 3.05) is 0 Å². The first kappa shape index (κ1) is 11.3. The number of benzene rings is 2. The summed E-state index contributed by atoms with van der Waals surface area (Å²) in [7, 11) is 0. The van der Waals surface area contributed by atoms with Gasteiger partial charge < -0.3 is 5.11 Å². The molecule has 0 aliphatic heterocycles. The maximum Gasteiger partial charge on any atom is 0.154 e. The number of halogens is 1. The minimum atomic E-state index is -0.290. The van der Waals surface area contributed by atoms with Crippen LogP contribution >= 0.6 is 0 Å². The molecular weight excluding hydrogens is 219 g/mol. The Morgan fingerprint density at radius 2 is 2.00 bits per heavy atom. The van der Waals surface area contributed by atoms with E-state index in [0.29, 0.717) is 23.0 Å². The summed E-state index contributed by atoms with van der Waals surface area (Å²) in [5.41, 5.74) is 2.03. The van der Waals surface area contributed by atoms with Crippen molar-refractivity contribution in [3.05, 3.63) is 53.3 Å². The van der Waals surface area contributed by atoms with Crippen LogP contribution < -0.4 is 0 Å². The molecule has 0 aromatic heterocycles. The van der Waals surface area contributed by atoms with Crippen LogP contribution in [0, 0.1) is 12.7 Å². The number of rotatable bonds is 2. The van der Waals surface area contributed by atoms with E-state index in [-0.39, 0.29) is 17.1 Å². The molecule has 0 aliphatic carbocycles. The normalized spacial score (nSPS) is 10.2. The Balaban J connectivity index is 2.64. The topological polar surface area (TPSA) is 37.3 Å². The molecule has 2 nitrogen and oxygen atoms in total. The Kier molecular flexibility index (Phi) is 2.91. The molecule has 1 N–H and O–H groups in total. The summed E-state index contributed by atoms with van der Waals surface area (Å²) >= 11 is 0. The van der Waals surface area contributed by atoms with E-state index < -0.39 is 0 Å². The third kappa shape index (κ3) is 2.04. The SMILES string of the molecule is Cc1cc(-c2cccc(O)c2C=O)ccc1F. The molecule has 2 aromatic rings. The molecule has 0 atom stereocenters. The van der Waals surface area contributed by atoms with E-state index >= 15 is 0 Å². The van der Waals surface area contributed by atoms with E-state index in [4.69, 9.17) is 0 Å². The van der Waals surface area contributed by atoms with Crippen LogP contribution in [-0.4, -0.2) is 11.4 Å². The maximum absolute atomic E-state index is 13.2. The molecule has 0 heterocycles. The molecule has 17 heavy (non-hydrogen) atoms. The van der Waals surface area contributed by atoms with E-state index in [1.54, 1.807) is 31.2 Å². The maximum atomic E-state index is 13.2. The fraction of sp³-hybridized carbons (Fsp3) is 0.0714. The predicted octanol–water partition coefficient (Wildman–Crippen LogP) is 3.32. The monoisotopic (exact) mass is 230 g/mol. The summed E-state index contributed by atoms with van der Waals surface area (Å²) in [6, 6.07) is 9.40. The number of carbonyl (C=O) groups is 1. The van der Waals surface area contributed by atoms with Crippen LogP contribution in [0.1, 0.15) is 15.9 Å². The smallest absolute Gasteiger partial charge is 0.154 e. The number of aryl methyl sites for hydroxylation is 1. The van der Waals surface area contributed by atoms with Crippen molar-refractivity contribution in [2.45, 2.75) is 6.92 Å². The number of hydrogen-bond acceptors (Lipinski definition) is 2. The van der Waals surface area contributed by atoms with Gasteiger partial charge in [0, 0.05) is 0 Å². The van der Waals surface area contributed by atoms with Crippen LogP contribution in [0.3, 0.4) is 0 Å². The first-order valence-corrected chi connectivity index (χ1v) is 5.17. The van der Waals surface area contributed by atoms with E-state index in [1.807, 2.05) is 0 Å². The van der Waals surface area contributed by atoms with Gasteiger partial charge in [0.1, 0.15) is 11.6 Å². The summed E-state index contributed by atoms with van der Waals surface area (Å²) in [4.78, 5) is 10.9. The highest BCUT2D eigenvalue weighted by Gasteiger charge is 2.09. The van der Waals surface area contributed by atoms with Crippen LogP contribution in [0.5, 0.6) is 5.75 Å². The number of aromatic hydroxyl groups is 1. The van der Waals surface area contributed by atoms with Crippen LogP contribution in [-0.2, 0) is 0 Å². The molecular formula is C14H11FO2. The van der Waals surface area contributed by atoms with Crippen molar-refractivity contribution < 1.29 is 14.3 Å². The second kappa shape index (κ2) is 4.37. The van der Waals surface area contributed by atoms with Gasteiger partial charge in [0.15, 0.2) is 6.29 Å². The van der Waals surface area contributed by atoms with Gasteiger partial charge in [-0.3, -0.25) is 4.79 Å². The molecule has 2 rings (SSSR count). The minimum absolute atomic E-state index is 0.0699. The molecule has 0 fully saturated rings. The van der Waals surface area contributed by atoms with Crippen molar-refractivity contribution in [3.8, 4) is 16.9 Å². The van der Waals surface area contributed by atoms with Crippen LogP contribution in [0.4, 0.5) is 4.39 Å². The van der Waals surface area contributed by atoms with Crippen LogP contribution in [0.2, 0.25) is 0 Å². The van der Waals surface area contributed by atoms with Gasteiger partial charge in [-0.2, -0.15) is 0 Å². The lowest BCUT2D eigenvalue weighted by atomic mass is 9.98. The van der Waals surface area contributed by atoms with Gasteiger partial charge in [0.2, 0.25) is 0 Å².